The molecule has 1 aliphatic heterocycles. The summed E-state index contributed by atoms with van der Waals surface area (Å²) < 4.78 is 34.2. The van der Waals surface area contributed by atoms with Crippen molar-refractivity contribution in [3.63, 3.8) is 0 Å². The lowest BCUT2D eigenvalue weighted by atomic mass is 9.79. The van der Waals surface area contributed by atoms with Gasteiger partial charge in [-0.25, -0.2) is 8.78 Å². The van der Waals surface area contributed by atoms with Gasteiger partial charge in [0.2, 0.25) is 0 Å². The van der Waals surface area contributed by atoms with Gasteiger partial charge in [-0.1, -0.05) is 17.9 Å². The summed E-state index contributed by atoms with van der Waals surface area (Å²) in [5, 5.41) is 10.0. The Morgan fingerprint density at radius 2 is 2.08 bits per heavy atom. The molecule has 1 aromatic heterocycles. The third-order valence-electron chi connectivity index (χ3n) is 7.18. The number of rotatable bonds is 9. The van der Waals surface area contributed by atoms with Gasteiger partial charge in [0.1, 0.15) is 17.7 Å². The SMILES string of the molecule is COc1ccc2nccc([C@H](F)CC[C@@H]3CCN(CC#Cc4cccc(F)c4)C[C@H]3CCC(=O)O)c2c1. The fraction of sp³-hybridized carbons (Fsp3) is 0.400. The standard InChI is InChI=1S/C30H32F2N2O3/c1-37-25-9-11-29-27(19-25)26(13-15-33-29)28(32)10-7-22-14-17-34(20-23(22)8-12-30(35)36)16-3-5-21-4-2-6-24(31)18-21/h2,4,6,9,11,13,15,18-19,22-23,28H,7-8,10,12,14,16-17,20H2,1H3,(H,35,36)/t22-,23-,28-/m1/s1. The number of piperidine rings is 1. The van der Waals surface area contributed by atoms with E-state index in [-0.39, 0.29) is 24.1 Å². The maximum atomic E-state index is 15.5. The number of hydrogen-bond acceptors (Lipinski definition) is 4. The number of carboxylic acids is 1. The van der Waals surface area contributed by atoms with Crippen LogP contribution in [-0.2, 0) is 4.79 Å². The predicted molar refractivity (Wildman–Crippen MR) is 140 cm³/mol. The third-order valence-corrected chi connectivity index (χ3v) is 7.18. The van der Waals surface area contributed by atoms with Crippen LogP contribution in [0.3, 0.4) is 0 Å². The number of carboxylic acid groups (broad SMARTS) is 1. The summed E-state index contributed by atoms with van der Waals surface area (Å²) in [7, 11) is 1.58. The number of ether oxygens (including phenoxy) is 1. The number of hydrogen-bond donors (Lipinski definition) is 1. The van der Waals surface area contributed by atoms with Crippen LogP contribution in [0.4, 0.5) is 8.78 Å². The molecule has 5 nitrogen and oxygen atoms in total. The van der Waals surface area contributed by atoms with Crippen LogP contribution in [0, 0.1) is 29.5 Å². The summed E-state index contributed by atoms with van der Waals surface area (Å²) in [6, 6.07) is 13.4. The molecule has 3 aromatic rings. The molecule has 1 saturated heterocycles. The Morgan fingerprint density at radius 3 is 2.86 bits per heavy atom. The zero-order valence-electron chi connectivity index (χ0n) is 21.0. The zero-order chi connectivity index (χ0) is 26.2. The van der Waals surface area contributed by atoms with Crippen LogP contribution < -0.4 is 4.74 Å². The molecule has 0 aliphatic carbocycles. The molecule has 0 unspecified atom stereocenters. The van der Waals surface area contributed by atoms with E-state index in [2.05, 4.69) is 21.7 Å². The van der Waals surface area contributed by atoms with E-state index in [1.54, 1.807) is 31.5 Å². The molecule has 4 rings (SSSR count). The lowest BCUT2D eigenvalue weighted by molar-refractivity contribution is -0.137. The van der Waals surface area contributed by atoms with Gasteiger partial charge >= 0.3 is 5.97 Å². The van der Waals surface area contributed by atoms with Crippen LogP contribution >= 0.6 is 0 Å². The minimum Gasteiger partial charge on any atom is -0.497 e. The summed E-state index contributed by atoms with van der Waals surface area (Å²) in [5.74, 6) is 6.04. The number of benzene rings is 2. The quantitative estimate of drug-likeness (QED) is 0.359. The van der Waals surface area contributed by atoms with E-state index in [1.807, 2.05) is 18.2 Å². The van der Waals surface area contributed by atoms with Gasteiger partial charge in [0.05, 0.1) is 19.2 Å². The van der Waals surface area contributed by atoms with E-state index in [4.69, 9.17) is 4.74 Å². The molecule has 194 valence electrons. The molecule has 2 aromatic carbocycles. The van der Waals surface area contributed by atoms with Crippen molar-refractivity contribution in [1.82, 2.24) is 9.88 Å². The summed E-state index contributed by atoms with van der Waals surface area (Å²) in [4.78, 5) is 17.8. The third kappa shape index (κ3) is 7.27. The number of pyridine rings is 1. The monoisotopic (exact) mass is 506 g/mol. The van der Waals surface area contributed by atoms with Crippen LogP contribution in [0.5, 0.6) is 5.75 Å². The number of aromatic nitrogens is 1. The Balaban J connectivity index is 1.39. The van der Waals surface area contributed by atoms with Crippen molar-refractivity contribution < 1.29 is 23.4 Å². The summed E-state index contributed by atoms with van der Waals surface area (Å²) >= 11 is 0. The fourth-order valence-corrected chi connectivity index (χ4v) is 5.20. The molecule has 37 heavy (non-hydrogen) atoms. The Kier molecular flexibility index (Phi) is 9.08. The van der Waals surface area contributed by atoms with Crippen molar-refractivity contribution in [3.8, 4) is 17.6 Å². The van der Waals surface area contributed by atoms with Crippen molar-refractivity contribution >= 4 is 16.9 Å². The molecule has 1 fully saturated rings. The molecule has 0 saturated carbocycles. The maximum absolute atomic E-state index is 15.5. The Morgan fingerprint density at radius 1 is 1.22 bits per heavy atom. The molecule has 2 heterocycles. The largest absolute Gasteiger partial charge is 0.497 e. The average Bonchev–Trinajstić information content (AvgIpc) is 2.90. The molecular formula is C30H32F2N2O3. The normalized spacial score (nSPS) is 18.7. The van der Waals surface area contributed by atoms with Crippen LogP contribution in [-0.4, -0.2) is 47.7 Å². The van der Waals surface area contributed by atoms with Gasteiger partial charge in [-0.3, -0.25) is 14.7 Å². The average molecular weight is 507 g/mol. The first-order valence-electron chi connectivity index (χ1n) is 12.7. The Labute approximate surface area is 216 Å². The maximum Gasteiger partial charge on any atom is 0.303 e. The summed E-state index contributed by atoms with van der Waals surface area (Å²) in [5.41, 5.74) is 1.97. The minimum atomic E-state index is -1.15. The number of nitrogens with zero attached hydrogens (tertiary/aromatic N) is 2. The second-order valence-electron chi connectivity index (χ2n) is 9.62. The smallest absolute Gasteiger partial charge is 0.303 e. The number of halogens is 2. The predicted octanol–water partition coefficient (Wildman–Crippen LogP) is 6.03. The Bertz CT molecular complexity index is 1290. The second-order valence-corrected chi connectivity index (χ2v) is 9.62. The highest BCUT2D eigenvalue weighted by Crippen LogP contribution is 2.36. The van der Waals surface area contributed by atoms with Crippen molar-refractivity contribution in [2.75, 3.05) is 26.7 Å². The van der Waals surface area contributed by atoms with Crippen molar-refractivity contribution in [1.29, 1.82) is 0 Å². The summed E-state index contributed by atoms with van der Waals surface area (Å²) in [6.45, 7) is 2.07. The fourth-order valence-electron chi connectivity index (χ4n) is 5.20. The molecular weight excluding hydrogens is 474 g/mol. The van der Waals surface area contributed by atoms with Gasteiger partial charge in [0, 0.05) is 30.1 Å². The minimum absolute atomic E-state index is 0.0951. The van der Waals surface area contributed by atoms with E-state index in [0.717, 1.165) is 30.4 Å². The summed E-state index contributed by atoms with van der Waals surface area (Å²) in [6.07, 6.45) is 3.05. The van der Waals surface area contributed by atoms with E-state index in [0.29, 0.717) is 42.7 Å². The van der Waals surface area contributed by atoms with E-state index < -0.39 is 12.1 Å². The highest BCUT2D eigenvalue weighted by Gasteiger charge is 2.30. The zero-order valence-corrected chi connectivity index (χ0v) is 21.0. The molecule has 0 spiro atoms. The molecule has 1 aliphatic rings. The van der Waals surface area contributed by atoms with Crippen LogP contribution in [0.2, 0.25) is 0 Å². The molecule has 1 N–H and O–H groups in total. The highest BCUT2D eigenvalue weighted by molar-refractivity contribution is 5.83. The van der Waals surface area contributed by atoms with Crippen LogP contribution in [0.25, 0.3) is 10.9 Å². The number of likely N-dealkylation sites (tertiary alicyclic amines) is 1. The van der Waals surface area contributed by atoms with Gasteiger partial charge in [0.15, 0.2) is 0 Å². The first-order chi connectivity index (χ1) is 17.9. The van der Waals surface area contributed by atoms with Gasteiger partial charge in [0.25, 0.3) is 0 Å². The van der Waals surface area contributed by atoms with Crippen LogP contribution in [0.15, 0.2) is 54.7 Å². The van der Waals surface area contributed by atoms with Gasteiger partial charge in [-0.05, 0) is 92.1 Å². The topological polar surface area (TPSA) is 62.7 Å². The molecule has 3 atom stereocenters. The van der Waals surface area contributed by atoms with E-state index in [9.17, 15) is 14.3 Å². The number of aliphatic carboxylic acids is 1. The van der Waals surface area contributed by atoms with Gasteiger partial charge in [-0.2, -0.15) is 0 Å². The molecule has 0 bridgehead atoms. The van der Waals surface area contributed by atoms with Crippen molar-refractivity contribution in [3.05, 3.63) is 71.7 Å². The van der Waals surface area contributed by atoms with Crippen LogP contribution in [0.1, 0.15) is 49.4 Å². The molecule has 0 radical (unpaired) electrons. The van der Waals surface area contributed by atoms with Gasteiger partial charge in [-0.15, -0.1) is 0 Å². The Hall–Kier alpha value is -3.50. The second kappa shape index (κ2) is 12.6. The number of alkyl halides is 1. The van der Waals surface area contributed by atoms with E-state index in [1.165, 1.54) is 12.1 Å². The molecule has 0 amide bonds. The first-order valence-corrected chi connectivity index (χ1v) is 12.7. The van der Waals surface area contributed by atoms with Crippen molar-refractivity contribution in [2.45, 2.75) is 38.3 Å². The first kappa shape index (κ1) is 26.6. The highest BCUT2D eigenvalue weighted by atomic mass is 19.1. The van der Waals surface area contributed by atoms with Crippen molar-refractivity contribution in [2.24, 2.45) is 11.8 Å². The number of methoxy groups -OCH3 is 1. The van der Waals surface area contributed by atoms with E-state index >= 15 is 4.39 Å². The molecule has 7 heteroatoms. The number of fused-ring (bicyclic) bond motifs is 1. The lowest BCUT2D eigenvalue weighted by Gasteiger charge is -2.38. The lowest BCUT2D eigenvalue weighted by Crippen LogP contribution is -2.41. The van der Waals surface area contributed by atoms with Gasteiger partial charge < -0.3 is 9.84 Å². The number of carbonyl (C=O) groups is 1.